The van der Waals surface area contributed by atoms with Crippen LogP contribution in [0.5, 0.6) is 5.88 Å². The van der Waals surface area contributed by atoms with Gasteiger partial charge in [0.15, 0.2) is 0 Å². The van der Waals surface area contributed by atoms with E-state index >= 15 is 0 Å². The zero-order valence-electron chi connectivity index (χ0n) is 11.3. The van der Waals surface area contributed by atoms with Gasteiger partial charge in [-0.15, -0.1) is 0 Å². The van der Waals surface area contributed by atoms with E-state index in [1.54, 1.807) is 0 Å². The molecule has 1 saturated carbocycles. The van der Waals surface area contributed by atoms with E-state index in [0.717, 1.165) is 35.7 Å². The van der Waals surface area contributed by atoms with Crippen molar-refractivity contribution in [3.8, 4) is 17.1 Å². The highest BCUT2D eigenvalue weighted by atomic mass is 16.5. The summed E-state index contributed by atoms with van der Waals surface area (Å²) in [6.07, 6.45) is 7.84. The van der Waals surface area contributed by atoms with Crippen LogP contribution in [0.3, 0.4) is 0 Å². The van der Waals surface area contributed by atoms with Crippen molar-refractivity contribution >= 4 is 0 Å². The number of hydrogen-bond donors (Lipinski definition) is 0. The van der Waals surface area contributed by atoms with Crippen molar-refractivity contribution in [2.24, 2.45) is 0 Å². The van der Waals surface area contributed by atoms with Crippen LogP contribution in [-0.4, -0.2) is 25.7 Å². The molecule has 0 spiro atoms. The average Bonchev–Trinajstić information content (AvgIpc) is 3.06. The molecule has 2 aromatic rings. The van der Waals surface area contributed by atoms with Crippen LogP contribution in [0.2, 0.25) is 0 Å². The SMILES string of the molecule is Cc1c(-c2cnn(C3CC3)c2)nn2c1O[C@H](C)CC2. The first-order chi connectivity index (χ1) is 9.22. The Balaban J connectivity index is 1.74. The van der Waals surface area contributed by atoms with Gasteiger partial charge in [0, 0.05) is 30.3 Å². The molecule has 3 heterocycles. The average molecular weight is 258 g/mol. The summed E-state index contributed by atoms with van der Waals surface area (Å²) >= 11 is 0. The van der Waals surface area contributed by atoms with Crippen LogP contribution < -0.4 is 4.74 Å². The van der Waals surface area contributed by atoms with Crippen LogP contribution in [0, 0.1) is 6.92 Å². The first-order valence-corrected chi connectivity index (χ1v) is 7.01. The van der Waals surface area contributed by atoms with Gasteiger partial charge < -0.3 is 4.74 Å². The zero-order chi connectivity index (χ0) is 13.0. The molecule has 2 aliphatic rings. The van der Waals surface area contributed by atoms with Gasteiger partial charge in [-0.2, -0.15) is 10.2 Å². The molecular formula is C14H18N4O. The van der Waals surface area contributed by atoms with Crippen LogP contribution in [-0.2, 0) is 6.54 Å². The number of aryl methyl sites for hydroxylation is 1. The third-order valence-electron chi connectivity index (χ3n) is 3.99. The van der Waals surface area contributed by atoms with Gasteiger partial charge in [-0.05, 0) is 26.7 Å². The molecule has 0 N–H and O–H groups in total. The highest BCUT2D eigenvalue weighted by Crippen LogP contribution is 2.37. The molecule has 0 aromatic carbocycles. The minimum absolute atomic E-state index is 0.282. The van der Waals surface area contributed by atoms with Gasteiger partial charge in [0.2, 0.25) is 5.88 Å². The summed E-state index contributed by atoms with van der Waals surface area (Å²) in [5, 5.41) is 9.13. The van der Waals surface area contributed by atoms with Crippen LogP contribution in [0.1, 0.15) is 37.8 Å². The highest BCUT2D eigenvalue weighted by Gasteiger charge is 2.27. The molecule has 0 unspecified atom stereocenters. The topological polar surface area (TPSA) is 44.9 Å². The summed E-state index contributed by atoms with van der Waals surface area (Å²) in [6.45, 7) is 5.13. The van der Waals surface area contributed by atoms with Gasteiger partial charge >= 0.3 is 0 Å². The normalized spacial score (nSPS) is 22.1. The fourth-order valence-corrected chi connectivity index (χ4v) is 2.66. The van der Waals surface area contributed by atoms with Crippen molar-refractivity contribution in [3.05, 3.63) is 18.0 Å². The summed E-state index contributed by atoms with van der Waals surface area (Å²) in [6, 6.07) is 0.613. The number of hydrogen-bond acceptors (Lipinski definition) is 3. The maximum Gasteiger partial charge on any atom is 0.215 e. The molecule has 0 bridgehead atoms. The molecule has 1 fully saturated rings. The Labute approximate surface area is 112 Å². The molecule has 0 amide bonds. The van der Waals surface area contributed by atoms with Crippen molar-refractivity contribution in [1.82, 2.24) is 19.6 Å². The molecule has 1 aliphatic heterocycles. The Kier molecular flexibility index (Phi) is 2.25. The largest absolute Gasteiger partial charge is 0.475 e. The molecule has 1 aliphatic carbocycles. The van der Waals surface area contributed by atoms with Crippen molar-refractivity contribution in [3.63, 3.8) is 0 Å². The predicted octanol–water partition coefficient (Wildman–Crippen LogP) is 2.56. The maximum atomic E-state index is 5.90. The minimum atomic E-state index is 0.282. The molecule has 0 radical (unpaired) electrons. The Bertz CT molecular complexity index is 623. The molecule has 100 valence electrons. The van der Waals surface area contributed by atoms with E-state index in [9.17, 15) is 0 Å². The summed E-state index contributed by atoms with van der Waals surface area (Å²) in [5.41, 5.74) is 3.24. The van der Waals surface area contributed by atoms with Gasteiger partial charge in [0.05, 0.1) is 18.3 Å². The quantitative estimate of drug-likeness (QED) is 0.831. The lowest BCUT2D eigenvalue weighted by molar-refractivity contribution is 0.148. The smallest absolute Gasteiger partial charge is 0.215 e. The van der Waals surface area contributed by atoms with E-state index in [-0.39, 0.29) is 6.10 Å². The Morgan fingerprint density at radius 3 is 2.95 bits per heavy atom. The van der Waals surface area contributed by atoms with E-state index in [1.165, 1.54) is 12.8 Å². The summed E-state index contributed by atoms with van der Waals surface area (Å²) in [7, 11) is 0. The number of nitrogens with zero attached hydrogens (tertiary/aromatic N) is 4. The lowest BCUT2D eigenvalue weighted by Gasteiger charge is -2.21. The summed E-state index contributed by atoms with van der Waals surface area (Å²) in [5.74, 6) is 0.924. The number of rotatable bonds is 2. The predicted molar refractivity (Wildman–Crippen MR) is 71.2 cm³/mol. The second kappa shape index (κ2) is 3.85. The van der Waals surface area contributed by atoms with E-state index < -0.39 is 0 Å². The molecule has 5 nitrogen and oxygen atoms in total. The van der Waals surface area contributed by atoms with Gasteiger partial charge in [0.1, 0.15) is 5.69 Å². The first-order valence-electron chi connectivity index (χ1n) is 7.01. The minimum Gasteiger partial charge on any atom is -0.475 e. The molecule has 19 heavy (non-hydrogen) atoms. The Morgan fingerprint density at radius 1 is 1.32 bits per heavy atom. The van der Waals surface area contributed by atoms with Crippen molar-refractivity contribution < 1.29 is 4.74 Å². The second-order valence-corrected chi connectivity index (χ2v) is 5.66. The van der Waals surface area contributed by atoms with E-state index in [1.807, 2.05) is 10.9 Å². The lowest BCUT2D eigenvalue weighted by Crippen LogP contribution is -2.23. The highest BCUT2D eigenvalue weighted by molar-refractivity contribution is 5.63. The van der Waals surface area contributed by atoms with Gasteiger partial charge in [-0.25, -0.2) is 4.68 Å². The molecular weight excluding hydrogens is 240 g/mol. The second-order valence-electron chi connectivity index (χ2n) is 5.66. The van der Waals surface area contributed by atoms with Gasteiger partial charge in [-0.3, -0.25) is 4.68 Å². The molecule has 0 saturated heterocycles. The third kappa shape index (κ3) is 1.76. The third-order valence-corrected chi connectivity index (χ3v) is 3.99. The van der Waals surface area contributed by atoms with Crippen LogP contribution in [0.15, 0.2) is 12.4 Å². The number of ether oxygens (including phenoxy) is 1. The molecule has 4 rings (SSSR count). The van der Waals surface area contributed by atoms with Crippen molar-refractivity contribution in [2.75, 3.05) is 0 Å². The van der Waals surface area contributed by atoms with Gasteiger partial charge in [-0.1, -0.05) is 0 Å². The van der Waals surface area contributed by atoms with E-state index in [4.69, 9.17) is 4.74 Å². The Hall–Kier alpha value is -1.78. The van der Waals surface area contributed by atoms with E-state index in [0.29, 0.717) is 6.04 Å². The summed E-state index contributed by atoms with van der Waals surface area (Å²) in [4.78, 5) is 0. The first kappa shape index (κ1) is 11.1. The maximum absolute atomic E-state index is 5.90. The molecule has 5 heteroatoms. The van der Waals surface area contributed by atoms with Gasteiger partial charge in [0.25, 0.3) is 0 Å². The summed E-state index contributed by atoms with van der Waals surface area (Å²) < 4.78 is 9.96. The van der Waals surface area contributed by atoms with Crippen LogP contribution >= 0.6 is 0 Å². The van der Waals surface area contributed by atoms with Crippen molar-refractivity contribution in [2.45, 2.75) is 51.8 Å². The van der Waals surface area contributed by atoms with Crippen molar-refractivity contribution in [1.29, 1.82) is 0 Å². The van der Waals surface area contributed by atoms with Crippen LogP contribution in [0.25, 0.3) is 11.3 Å². The zero-order valence-corrected chi connectivity index (χ0v) is 11.3. The molecule has 1 atom stereocenters. The van der Waals surface area contributed by atoms with E-state index in [2.05, 4.69) is 34.9 Å². The monoisotopic (exact) mass is 258 g/mol. The molecule has 2 aromatic heterocycles. The standard InChI is InChI=1S/C14H18N4O/c1-9-5-6-17-14(19-9)10(2)13(16-17)11-7-15-18(8-11)12-3-4-12/h7-9,12H,3-6H2,1-2H3/t9-/m1/s1. The number of fused-ring (bicyclic) bond motifs is 1. The fraction of sp³-hybridized carbons (Fsp3) is 0.571. The lowest BCUT2D eigenvalue weighted by atomic mass is 10.1. The fourth-order valence-electron chi connectivity index (χ4n) is 2.66. The van der Waals surface area contributed by atoms with Crippen LogP contribution in [0.4, 0.5) is 0 Å². The number of aromatic nitrogens is 4. The Morgan fingerprint density at radius 2 is 2.16 bits per heavy atom.